The van der Waals surface area contributed by atoms with Gasteiger partial charge in [0.15, 0.2) is 11.5 Å². The third-order valence-electron chi connectivity index (χ3n) is 2.53. The maximum Gasteiger partial charge on any atom is 0.358 e. The van der Waals surface area contributed by atoms with Gasteiger partial charge in [-0.3, -0.25) is 0 Å². The molecule has 2 rings (SSSR count). The van der Waals surface area contributed by atoms with Crippen molar-refractivity contribution >= 4 is 5.97 Å². The van der Waals surface area contributed by atoms with Crippen LogP contribution in [0.1, 0.15) is 22.7 Å². The summed E-state index contributed by atoms with van der Waals surface area (Å²) in [5.74, 6) is 0.0115. The maximum absolute atomic E-state index is 10.5. The first-order chi connectivity index (χ1) is 7.75. The van der Waals surface area contributed by atoms with Crippen LogP contribution in [0.3, 0.4) is 0 Å². The summed E-state index contributed by atoms with van der Waals surface area (Å²) in [5, 5.41) is 15.3. The Kier molecular flexibility index (Phi) is 3.53. The SMILES string of the molecule is O=C(O)c1cc(CNCC2CCOC2)on1. The number of carbonyl (C=O) groups is 1. The highest BCUT2D eigenvalue weighted by Gasteiger charge is 2.15. The van der Waals surface area contributed by atoms with Crippen molar-refractivity contribution in [2.24, 2.45) is 5.92 Å². The van der Waals surface area contributed by atoms with Crippen LogP contribution >= 0.6 is 0 Å². The van der Waals surface area contributed by atoms with Crippen molar-refractivity contribution in [2.45, 2.75) is 13.0 Å². The van der Waals surface area contributed by atoms with Crippen LogP contribution in [-0.2, 0) is 11.3 Å². The van der Waals surface area contributed by atoms with Crippen LogP contribution in [0.2, 0.25) is 0 Å². The molecule has 0 radical (unpaired) electrons. The summed E-state index contributed by atoms with van der Waals surface area (Å²) < 4.78 is 10.1. The van der Waals surface area contributed by atoms with E-state index in [1.54, 1.807) is 0 Å². The average molecular weight is 226 g/mol. The monoisotopic (exact) mass is 226 g/mol. The molecule has 0 amide bonds. The summed E-state index contributed by atoms with van der Waals surface area (Å²) in [6.45, 7) is 2.97. The van der Waals surface area contributed by atoms with Gasteiger partial charge in [-0.25, -0.2) is 4.79 Å². The zero-order valence-corrected chi connectivity index (χ0v) is 8.81. The van der Waals surface area contributed by atoms with Crippen LogP contribution in [-0.4, -0.2) is 36.0 Å². The van der Waals surface area contributed by atoms with Crippen molar-refractivity contribution in [1.29, 1.82) is 0 Å². The topological polar surface area (TPSA) is 84.6 Å². The molecule has 0 spiro atoms. The van der Waals surface area contributed by atoms with Gasteiger partial charge in [-0.1, -0.05) is 5.16 Å². The Morgan fingerprint density at radius 2 is 2.56 bits per heavy atom. The molecule has 1 unspecified atom stereocenters. The van der Waals surface area contributed by atoms with Crippen LogP contribution in [0.15, 0.2) is 10.6 Å². The number of nitrogens with one attached hydrogen (secondary N) is 1. The molecule has 2 heterocycles. The van der Waals surface area contributed by atoms with E-state index < -0.39 is 5.97 Å². The highest BCUT2D eigenvalue weighted by molar-refractivity contribution is 5.85. The lowest BCUT2D eigenvalue weighted by molar-refractivity contribution is 0.0685. The van der Waals surface area contributed by atoms with Crippen molar-refractivity contribution in [3.05, 3.63) is 17.5 Å². The molecule has 0 aromatic carbocycles. The number of aromatic carboxylic acids is 1. The highest BCUT2D eigenvalue weighted by Crippen LogP contribution is 2.11. The van der Waals surface area contributed by atoms with E-state index in [4.69, 9.17) is 14.4 Å². The van der Waals surface area contributed by atoms with Gasteiger partial charge < -0.3 is 19.7 Å². The number of hydrogen-bond acceptors (Lipinski definition) is 5. The van der Waals surface area contributed by atoms with E-state index in [0.717, 1.165) is 26.2 Å². The van der Waals surface area contributed by atoms with Crippen LogP contribution in [0, 0.1) is 5.92 Å². The van der Waals surface area contributed by atoms with Crippen LogP contribution in [0.4, 0.5) is 0 Å². The fraction of sp³-hybridized carbons (Fsp3) is 0.600. The van der Waals surface area contributed by atoms with Crippen LogP contribution < -0.4 is 5.32 Å². The second kappa shape index (κ2) is 5.09. The summed E-state index contributed by atoms with van der Waals surface area (Å²) >= 11 is 0. The Bertz CT molecular complexity index is 357. The zero-order chi connectivity index (χ0) is 11.4. The van der Waals surface area contributed by atoms with Crippen molar-refractivity contribution in [2.75, 3.05) is 19.8 Å². The van der Waals surface area contributed by atoms with E-state index in [1.165, 1.54) is 6.07 Å². The van der Waals surface area contributed by atoms with Gasteiger partial charge in [0.1, 0.15) is 0 Å². The molecule has 2 N–H and O–H groups in total. The summed E-state index contributed by atoms with van der Waals surface area (Å²) in [6, 6.07) is 1.43. The predicted molar refractivity (Wildman–Crippen MR) is 54.1 cm³/mol. The fourth-order valence-electron chi connectivity index (χ4n) is 1.64. The largest absolute Gasteiger partial charge is 0.476 e. The van der Waals surface area contributed by atoms with Gasteiger partial charge in [0.25, 0.3) is 0 Å². The van der Waals surface area contributed by atoms with Gasteiger partial charge in [-0.15, -0.1) is 0 Å². The molecule has 1 saturated heterocycles. The smallest absolute Gasteiger partial charge is 0.358 e. The first kappa shape index (κ1) is 11.1. The van der Waals surface area contributed by atoms with Gasteiger partial charge in [-0.05, 0) is 12.3 Å². The third kappa shape index (κ3) is 2.80. The Morgan fingerprint density at radius 1 is 1.69 bits per heavy atom. The predicted octanol–water partition coefficient (Wildman–Crippen LogP) is 0.499. The molecule has 6 heteroatoms. The van der Waals surface area contributed by atoms with Crippen molar-refractivity contribution in [3.8, 4) is 0 Å². The lowest BCUT2D eigenvalue weighted by atomic mass is 10.1. The lowest BCUT2D eigenvalue weighted by Crippen LogP contribution is -2.22. The third-order valence-corrected chi connectivity index (χ3v) is 2.53. The van der Waals surface area contributed by atoms with Crippen molar-refractivity contribution in [3.63, 3.8) is 0 Å². The number of aromatic nitrogens is 1. The Morgan fingerprint density at radius 3 is 3.19 bits per heavy atom. The van der Waals surface area contributed by atoms with Gasteiger partial charge in [-0.2, -0.15) is 0 Å². The van der Waals surface area contributed by atoms with Gasteiger partial charge >= 0.3 is 5.97 Å². The number of carboxylic acids is 1. The molecule has 0 bridgehead atoms. The summed E-state index contributed by atoms with van der Waals surface area (Å²) in [5.41, 5.74) is -0.0546. The second-order valence-electron chi connectivity index (χ2n) is 3.84. The summed E-state index contributed by atoms with van der Waals surface area (Å²) in [6.07, 6.45) is 1.07. The summed E-state index contributed by atoms with van der Waals surface area (Å²) in [7, 11) is 0. The molecular formula is C10H14N2O4. The van der Waals surface area contributed by atoms with Gasteiger partial charge in [0, 0.05) is 19.2 Å². The van der Waals surface area contributed by atoms with Gasteiger partial charge in [0.05, 0.1) is 13.2 Å². The minimum absolute atomic E-state index is 0.0546. The molecule has 0 saturated carbocycles. The Balaban J connectivity index is 1.74. The van der Waals surface area contributed by atoms with E-state index >= 15 is 0 Å². The molecule has 1 aromatic heterocycles. The molecular weight excluding hydrogens is 212 g/mol. The number of ether oxygens (including phenoxy) is 1. The number of hydrogen-bond donors (Lipinski definition) is 2. The van der Waals surface area contributed by atoms with Crippen molar-refractivity contribution < 1.29 is 19.2 Å². The highest BCUT2D eigenvalue weighted by atomic mass is 16.5. The molecule has 1 aromatic rings. The number of nitrogens with zero attached hydrogens (tertiary/aromatic N) is 1. The maximum atomic E-state index is 10.5. The molecule has 0 aliphatic carbocycles. The minimum atomic E-state index is -1.07. The standard InChI is InChI=1S/C10H14N2O4/c13-10(14)9-3-8(16-12-9)5-11-4-7-1-2-15-6-7/h3,7,11H,1-2,4-6H2,(H,13,14). The molecule has 16 heavy (non-hydrogen) atoms. The molecule has 1 atom stereocenters. The Labute approximate surface area is 92.6 Å². The lowest BCUT2D eigenvalue weighted by Gasteiger charge is -2.06. The first-order valence-electron chi connectivity index (χ1n) is 5.23. The first-order valence-corrected chi connectivity index (χ1v) is 5.23. The number of carboxylic acid groups (broad SMARTS) is 1. The van der Waals surface area contributed by atoms with Crippen molar-refractivity contribution in [1.82, 2.24) is 10.5 Å². The van der Waals surface area contributed by atoms with Crippen LogP contribution in [0.25, 0.3) is 0 Å². The minimum Gasteiger partial charge on any atom is -0.476 e. The Hall–Kier alpha value is -1.40. The van der Waals surface area contributed by atoms with Gasteiger partial charge in [0.2, 0.25) is 0 Å². The van der Waals surface area contributed by atoms with E-state index in [2.05, 4.69) is 10.5 Å². The zero-order valence-electron chi connectivity index (χ0n) is 8.81. The average Bonchev–Trinajstić information content (AvgIpc) is 2.87. The molecule has 88 valence electrons. The molecule has 1 fully saturated rings. The quantitative estimate of drug-likeness (QED) is 0.760. The van der Waals surface area contributed by atoms with E-state index in [1.807, 2.05) is 0 Å². The fourth-order valence-corrected chi connectivity index (χ4v) is 1.64. The molecule has 1 aliphatic rings. The normalized spacial score (nSPS) is 20.1. The van der Waals surface area contributed by atoms with E-state index in [0.29, 0.717) is 18.2 Å². The second-order valence-corrected chi connectivity index (χ2v) is 3.84. The summed E-state index contributed by atoms with van der Waals surface area (Å²) in [4.78, 5) is 10.5. The number of rotatable bonds is 5. The van der Waals surface area contributed by atoms with E-state index in [9.17, 15) is 4.79 Å². The molecule has 6 nitrogen and oxygen atoms in total. The van der Waals surface area contributed by atoms with Crippen LogP contribution in [0.5, 0.6) is 0 Å². The molecule has 1 aliphatic heterocycles. The van der Waals surface area contributed by atoms with E-state index in [-0.39, 0.29) is 5.69 Å².